The second-order valence-corrected chi connectivity index (χ2v) is 8.55. The van der Waals surface area contributed by atoms with Crippen LogP contribution in [0.1, 0.15) is 97.3 Å². The molecule has 2 nitrogen and oxygen atoms in total. The second-order valence-electron chi connectivity index (χ2n) is 8.55. The van der Waals surface area contributed by atoms with Crippen LogP contribution in [0.3, 0.4) is 0 Å². The van der Waals surface area contributed by atoms with Gasteiger partial charge in [0.25, 0.3) is 0 Å². The van der Waals surface area contributed by atoms with Crippen molar-refractivity contribution in [2.75, 3.05) is 0 Å². The van der Waals surface area contributed by atoms with E-state index in [0.717, 1.165) is 42.4 Å². The van der Waals surface area contributed by atoms with E-state index in [2.05, 4.69) is 13.8 Å². The van der Waals surface area contributed by atoms with Crippen molar-refractivity contribution < 1.29 is 9.90 Å². The van der Waals surface area contributed by atoms with Crippen LogP contribution in [0.4, 0.5) is 0 Å². The monoisotopic (exact) mass is 322 g/mol. The first-order valence-corrected chi connectivity index (χ1v) is 10.3. The Morgan fingerprint density at radius 1 is 0.957 bits per heavy atom. The number of aliphatic carboxylic acids is 1. The number of hydrogen-bond donors (Lipinski definition) is 1. The van der Waals surface area contributed by atoms with Crippen LogP contribution in [0.5, 0.6) is 0 Å². The van der Waals surface area contributed by atoms with Gasteiger partial charge < -0.3 is 5.11 Å². The number of rotatable bonds is 14. The van der Waals surface area contributed by atoms with Crippen molar-refractivity contribution in [1.29, 1.82) is 0 Å². The summed E-state index contributed by atoms with van der Waals surface area (Å²) >= 11 is 0. The summed E-state index contributed by atoms with van der Waals surface area (Å²) in [6.45, 7) is 4.80. The van der Waals surface area contributed by atoms with Crippen LogP contribution in [0.25, 0.3) is 0 Å². The SMILES string of the molecule is CCC1CC1CC1CC1CC(C)CCCCCCCCC(=O)O. The van der Waals surface area contributed by atoms with Crippen molar-refractivity contribution in [2.24, 2.45) is 29.6 Å². The molecule has 2 rings (SSSR count). The van der Waals surface area contributed by atoms with Gasteiger partial charge in [0.1, 0.15) is 0 Å². The topological polar surface area (TPSA) is 37.3 Å². The molecule has 0 saturated heterocycles. The third kappa shape index (κ3) is 7.72. The average molecular weight is 323 g/mol. The normalized spacial score (nSPS) is 30.2. The Balaban J connectivity index is 1.37. The molecule has 0 amide bonds. The molecule has 0 spiro atoms. The highest BCUT2D eigenvalue weighted by Crippen LogP contribution is 2.54. The maximum atomic E-state index is 10.4. The summed E-state index contributed by atoms with van der Waals surface area (Å²) in [6.07, 6.45) is 16.4. The van der Waals surface area contributed by atoms with Gasteiger partial charge in [-0.15, -0.1) is 0 Å². The Bertz CT molecular complexity index is 352. The van der Waals surface area contributed by atoms with Crippen LogP contribution in [0.2, 0.25) is 0 Å². The maximum Gasteiger partial charge on any atom is 0.303 e. The predicted molar refractivity (Wildman–Crippen MR) is 96.5 cm³/mol. The molecule has 5 atom stereocenters. The fourth-order valence-electron chi connectivity index (χ4n) is 4.49. The summed E-state index contributed by atoms with van der Waals surface area (Å²) in [5.41, 5.74) is 0. The van der Waals surface area contributed by atoms with Crippen LogP contribution >= 0.6 is 0 Å². The molecule has 2 fully saturated rings. The summed E-state index contributed by atoms with van der Waals surface area (Å²) in [5, 5.41) is 8.59. The Morgan fingerprint density at radius 3 is 2.22 bits per heavy atom. The maximum absolute atomic E-state index is 10.4. The molecule has 0 aromatic carbocycles. The van der Waals surface area contributed by atoms with Crippen molar-refractivity contribution in [3.8, 4) is 0 Å². The van der Waals surface area contributed by atoms with E-state index in [0.29, 0.717) is 6.42 Å². The lowest BCUT2D eigenvalue weighted by Gasteiger charge is -2.11. The average Bonchev–Trinajstić information content (AvgIpc) is 3.41. The summed E-state index contributed by atoms with van der Waals surface area (Å²) in [4.78, 5) is 10.4. The van der Waals surface area contributed by atoms with Crippen LogP contribution in [0, 0.1) is 29.6 Å². The van der Waals surface area contributed by atoms with Gasteiger partial charge in [-0.2, -0.15) is 0 Å². The van der Waals surface area contributed by atoms with Crippen LogP contribution in [0.15, 0.2) is 0 Å². The molecule has 2 aliphatic carbocycles. The first kappa shape index (κ1) is 18.8. The van der Waals surface area contributed by atoms with Gasteiger partial charge in [0.2, 0.25) is 0 Å². The molecule has 2 aliphatic rings. The quantitative estimate of drug-likeness (QED) is 0.381. The van der Waals surface area contributed by atoms with Crippen molar-refractivity contribution in [3.05, 3.63) is 0 Å². The second kappa shape index (κ2) is 9.69. The third-order valence-corrected chi connectivity index (χ3v) is 6.31. The minimum absolute atomic E-state index is 0.347. The number of carboxylic acids is 1. The fourth-order valence-corrected chi connectivity index (χ4v) is 4.49. The zero-order chi connectivity index (χ0) is 16.7. The zero-order valence-corrected chi connectivity index (χ0v) is 15.4. The van der Waals surface area contributed by atoms with E-state index in [4.69, 9.17) is 5.11 Å². The van der Waals surface area contributed by atoms with E-state index in [1.54, 1.807) is 6.42 Å². The highest BCUT2D eigenvalue weighted by Gasteiger charge is 2.44. The molecule has 0 aromatic rings. The number of carboxylic acid groups (broad SMARTS) is 1. The van der Waals surface area contributed by atoms with E-state index in [9.17, 15) is 4.79 Å². The zero-order valence-electron chi connectivity index (χ0n) is 15.4. The Labute approximate surface area is 143 Å². The molecule has 1 N–H and O–H groups in total. The Kier molecular flexibility index (Phi) is 7.92. The molecule has 5 unspecified atom stereocenters. The summed E-state index contributed by atoms with van der Waals surface area (Å²) in [7, 11) is 0. The molecule has 0 aromatic heterocycles. The van der Waals surface area contributed by atoms with Gasteiger partial charge in [-0.25, -0.2) is 0 Å². The van der Waals surface area contributed by atoms with Crippen molar-refractivity contribution in [1.82, 2.24) is 0 Å². The number of unbranched alkanes of at least 4 members (excludes halogenated alkanes) is 5. The van der Waals surface area contributed by atoms with Gasteiger partial charge in [0.05, 0.1) is 0 Å². The highest BCUT2D eigenvalue weighted by atomic mass is 16.4. The first-order chi connectivity index (χ1) is 11.1. The lowest BCUT2D eigenvalue weighted by molar-refractivity contribution is -0.137. The van der Waals surface area contributed by atoms with Crippen LogP contribution in [-0.2, 0) is 4.79 Å². The van der Waals surface area contributed by atoms with Gasteiger partial charge in [0, 0.05) is 6.42 Å². The smallest absolute Gasteiger partial charge is 0.303 e. The highest BCUT2D eigenvalue weighted by molar-refractivity contribution is 5.66. The van der Waals surface area contributed by atoms with Crippen molar-refractivity contribution in [3.63, 3.8) is 0 Å². The summed E-state index contributed by atoms with van der Waals surface area (Å²) in [6, 6.07) is 0. The van der Waals surface area contributed by atoms with Crippen molar-refractivity contribution >= 4 is 5.97 Å². The summed E-state index contributed by atoms with van der Waals surface area (Å²) in [5.74, 6) is 4.62. The van der Waals surface area contributed by atoms with E-state index < -0.39 is 5.97 Å². The number of carbonyl (C=O) groups is 1. The molecular formula is C21H38O2. The van der Waals surface area contributed by atoms with Gasteiger partial charge in [-0.1, -0.05) is 58.8 Å². The van der Waals surface area contributed by atoms with Gasteiger partial charge in [-0.3, -0.25) is 4.79 Å². The Morgan fingerprint density at radius 2 is 1.57 bits per heavy atom. The lowest BCUT2D eigenvalue weighted by Crippen LogP contribution is -1.98. The minimum atomic E-state index is -0.649. The largest absolute Gasteiger partial charge is 0.481 e. The van der Waals surface area contributed by atoms with E-state index in [1.807, 2.05) is 0 Å². The fraction of sp³-hybridized carbons (Fsp3) is 0.952. The van der Waals surface area contributed by atoms with Gasteiger partial charge >= 0.3 is 5.97 Å². The minimum Gasteiger partial charge on any atom is -0.481 e. The van der Waals surface area contributed by atoms with E-state index >= 15 is 0 Å². The first-order valence-electron chi connectivity index (χ1n) is 10.3. The molecule has 2 saturated carbocycles. The van der Waals surface area contributed by atoms with Gasteiger partial charge in [0.15, 0.2) is 0 Å². The molecule has 0 radical (unpaired) electrons. The van der Waals surface area contributed by atoms with E-state index in [-0.39, 0.29) is 0 Å². The summed E-state index contributed by atoms with van der Waals surface area (Å²) < 4.78 is 0. The predicted octanol–water partition coefficient (Wildman–Crippen LogP) is 6.29. The molecular weight excluding hydrogens is 284 g/mol. The van der Waals surface area contributed by atoms with Crippen molar-refractivity contribution in [2.45, 2.75) is 97.3 Å². The molecule has 23 heavy (non-hydrogen) atoms. The molecule has 2 heteroatoms. The van der Waals surface area contributed by atoms with Gasteiger partial charge in [-0.05, 0) is 61.7 Å². The number of hydrogen-bond acceptors (Lipinski definition) is 1. The lowest BCUT2D eigenvalue weighted by atomic mass is 9.95. The molecule has 0 bridgehead atoms. The third-order valence-electron chi connectivity index (χ3n) is 6.31. The molecule has 0 heterocycles. The molecule has 0 aliphatic heterocycles. The standard InChI is InChI=1S/C21H38O2/c1-3-17-13-19(17)15-20-14-18(20)12-16(2)10-8-6-4-5-7-9-11-21(22)23/h16-20H,3-15H2,1-2H3,(H,22,23). The van der Waals surface area contributed by atoms with Crippen LogP contribution in [-0.4, -0.2) is 11.1 Å². The molecule has 134 valence electrons. The van der Waals surface area contributed by atoms with Crippen LogP contribution < -0.4 is 0 Å². The Hall–Kier alpha value is -0.530. The van der Waals surface area contributed by atoms with E-state index in [1.165, 1.54) is 57.8 Å².